The van der Waals surface area contributed by atoms with Crippen LogP contribution in [-0.4, -0.2) is 31.3 Å². The highest BCUT2D eigenvalue weighted by molar-refractivity contribution is 6.31. The number of halogens is 1. The van der Waals surface area contributed by atoms with Gasteiger partial charge in [-0.05, 0) is 37.8 Å². The zero-order chi connectivity index (χ0) is 14.0. The minimum atomic E-state index is 0.148. The molecule has 1 aliphatic carbocycles. The van der Waals surface area contributed by atoms with E-state index in [-0.39, 0.29) is 5.41 Å². The van der Waals surface area contributed by atoms with Crippen molar-refractivity contribution >= 4 is 17.3 Å². The molecule has 3 nitrogen and oxygen atoms in total. The van der Waals surface area contributed by atoms with Gasteiger partial charge in [-0.25, -0.2) is 0 Å². The lowest BCUT2D eigenvalue weighted by Crippen LogP contribution is -2.27. The standard InChI is InChI=1S/C16H23ClN2O/c17-14-4-3-5-15(19-8-1-2-9-19)13(14)10-18-11-16(12-20)6-7-16/h3-5,18,20H,1-2,6-12H2. The first-order valence-electron chi connectivity index (χ1n) is 7.58. The van der Waals surface area contributed by atoms with Crippen LogP contribution in [0.1, 0.15) is 31.2 Å². The molecule has 2 N–H and O–H groups in total. The summed E-state index contributed by atoms with van der Waals surface area (Å²) in [6, 6.07) is 6.18. The largest absolute Gasteiger partial charge is 0.396 e. The second-order valence-electron chi connectivity index (χ2n) is 6.19. The van der Waals surface area contributed by atoms with Crippen LogP contribution in [-0.2, 0) is 6.54 Å². The van der Waals surface area contributed by atoms with Crippen molar-refractivity contribution in [3.63, 3.8) is 0 Å². The molecule has 2 aliphatic rings. The molecule has 0 unspecified atom stereocenters. The van der Waals surface area contributed by atoms with Crippen molar-refractivity contribution in [2.24, 2.45) is 5.41 Å². The number of anilines is 1. The lowest BCUT2D eigenvalue weighted by atomic mass is 10.1. The molecule has 1 saturated carbocycles. The van der Waals surface area contributed by atoms with E-state index < -0.39 is 0 Å². The minimum absolute atomic E-state index is 0.148. The molecule has 1 heterocycles. The summed E-state index contributed by atoms with van der Waals surface area (Å²) >= 11 is 6.39. The molecular weight excluding hydrogens is 272 g/mol. The number of aliphatic hydroxyl groups is 1. The van der Waals surface area contributed by atoms with Crippen LogP contribution in [0, 0.1) is 5.41 Å². The molecule has 3 rings (SSSR count). The number of nitrogens with one attached hydrogen (secondary N) is 1. The minimum Gasteiger partial charge on any atom is -0.396 e. The zero-order valence-electron chi connectivity index (χ0n) is 11.9. The van der Waals surface area contributed by atoms with Crippen molar-refractivity contribution in [3.8, 4) is 0 Å². The molecule has 1 aromatic carbocycles. The van der Waals surface area contributed by atoms with Crippen LogP contribution in [0.25, 0.3) is 0 Å². The fourth-order valence-electron chi connectivity index (χ4n) is 3.00. The average molecular weight is 295 g/mol. The van der Waals surface area contributed by atoms with Gasteiger partial charge in [-0.1, -0.05) is 17.7 Å². The Morgan fingerprint density at radius 2 is 2.00 bits per heavy atom. The van der Waals surface area contributed by atoms with Gasteiger partial charge in [0, 0.05) is 54.5 Å². The molecule has 110 valence electrons. The maximum atomic E-state index is 9.36. The molecule has 2 fully saturated rings. The Labute approximate surface area is 125 Å². The van der Waals surface area contributed by atoms with E-state index in [1.165, 1.54) is 24.1 Å². The van der Waals surface area contributed by atoms with Crippen LogP contribution in [0.3, 0.4) is 0 Å². The van der Waals surface area contributed by atoms with E-state index in [2.05, 4.69) is 16.3 Å². The third-order valence-corrected chi connectivity index (χ3v) is 4.99. The predicted octanol–water partition coefficient (Wildman–Crippen LogP) is 2.80. The van der Waals surface area contributed by atoms with Gasteiger partial charge in [-0.3, -0.25) is 0 Å². The summed E-state index contributed by atoms with van der Waals surface area (Å²) in [6.07, 6.45) is 4.82. The second-order valence-corrected chi connectivity index (χ2v) is 6.60. The van der Waals surface area contributed by atoms with Gasteiger partial charge < -0.3 is 15.3 Å². The number of hydrogen-bond acceptors (Lipinski definition) is 3. The molecule has 20 heavy (non-hydrogen) atoms. The quantitative estimate of drug-likeness (QED) is 0.847. The lowest BCUT2D eigenvalue weighted by Gasteiger charge is -2.23. The van der Waals surface area contributed by atoms with E-state index in [1.54, 1.807) is 0 Å². The lowest BCUT2D eigenvalue weighted by molar-refractivity contribution is 0.207. The summed E-state index contributed by atoms with van der Waals surface area (Å²) in [7, 11) is 0. The van der Waals surface area contributed by atoms with Gasteiger partial charge in [0.2, 0.25) is 0 Å². The fourth-order valence-corrected chi connectivity index (χ4v) is 3.23. The van der Waals surface area contributed by atoms with E-state index in [0.29, 0.717) is 6.61 Å². The third-order valence-electron chi connectivity index (χ3n) is 4.64. The molecule has 0 spiro atoms. The molecule has 0 atom stereocenters. The highest BCUT2D eigenvalue weighted by Gasteiger charge is 2.41. The smallest absolute Gasteiger partial charge is 0.0499 e. The summed E-state index contributed by atoms with van der Waals surface area (Å²) in [6.45, 7) is 4.23. The van der Waals surface area contributed by atoms with Crippen LogP contribution in [0.5, 0.6) is 0 Å². The Morgan fingerprint density at radius 1 is 1.25 bits per heavy atom. The first kappa shape index (κ1) is 14.2. The molecule has 1 saturated heterocycles. The van der Waals surface area contributed by atoms with E-state index in [9.17, 15) is 5.11 Å². The normalized spacial score (nSPS) is 20.4. The first-order valence-corrected chi connectivity index (χ1v) is 7.96. The summed E-state index contributed by atoms with van der Waals surface area (Å²) in [5.41, 5.74) is 2.62. The van der Waals surface area contributed by atoms with Gasteiger partial charge in [0.05, 0.1) is 0 Å². The number of rotatable bonds is 6. The molecule has 0 radical (unpaired) electrons. The van der Waals surface area contributed by atoms with Gasteiger partial charge in [0.15, 0.2) is 0 Å². The van der Waals surface area contributed by atoms with Crippen molar-refractivity contribution in [2.45, 2.75) is 32.2 Å². The van der Waals surface area contributed by atoms with Gasteiger partial charge in [0.25, 0.3) is 0 Å². The van der Waals surface area contributed by atoms with Crippen molar-refractivity contribution in [1.29, 1.82) is 0 Å². The monoisotopic (exact) mass is 294 g/mol. The Balaban J connectivity index is 1.67. The van der Waals surface area contributed by atoms with Gasteiger partial charge in [-0.15, -0.1) is 0 Å². The van der Waals surface area contributed by atoms with E-state index >= 15 is 0 Å². The van der Waals surface area contributed by atoms with Gasteiger partial charge in [0.1, 0.15) is 0 Å². The molecule has 0 bridgehead atoms. The molecule has 0 amide bonds. The van der Waals surface area contributed by atoms with E-state index in [1.807, 2.05) is 12.1 Å². The van der Waals surface area contributed by atoms with Crippen LogP contribution < -0.4 is 10.2 Å². The summed E-state index contributed by atoms with van der Waals surface area (Å²) in [5, 5.41) is 13.7. The Bertz CT molecular complexity index is 468. The summed E-state index contributed by atoms with van der Waals surface area (Å²) in [5.74, 6) is 0. The van der Waals surface area contributed by atoms with Crippen molar-refractivity contribution in [1.82, 2.24) is 5.32 Å². The van der Waals surface area contributed by atoms with Crippen LogP contribution in [0.2, 0.25) is 5.02 Å². The molecule has 1 aliphatic heterocycles. The number of aliphatic hydroxyl groups excluding tert-OH is 1. The van der Waals surface area contributed by atoms with Gasteiger partial charge in [-0.2, -0.15) is 0 Å². The molecule has 4 heteroatoms. The Kier molecular flexibility index (Phi) is 4.20. The SMILES string of the molecule is OCC1(CNCc2c(Cl)cccc2N2CCCC2)CC1. The number of hydrogen-bond donors (Lipinski definition) is 2. The number of benzene rings is 1. The van der Waals surface area contributed by atoms with Gasteiger partial charge >= 0.3 is 0 Å². The number of nitrogens with zero attached hydrogens (tertiary/aromatic N) is 1. The van der Waals surface area contributed by atoms with E-state index in [4.69, 9.17) is 11.6 Å². The summed E-state index contributed by atoms with van der Waals surface area (Å²) in [4.78, 5) is 2.43. The predicted molar refractivity (Wildman–Crippen MR) is 83.4 cm³/mol. The van der Waals surface area contributed by atoms with Crippen LogP contribution in [0.4, 0.5) is 5.69 Å². The average Bonchev–Trinajstić information content (AvgIpc) is 3.03. The molecular formula is C16H23ClN2O. The van der Waals surface area contributed by atoms with Crippen molar-refractivity contribution in [2.75, 3.05) is 31.1 Å². The third kappa shape index (κ3) is 2.95. The van der Waals surface area contributed by atoms with Crippen LogP contribution in [0.15, 0.2) is 18.2 Å². The van der Waals surface area contributed by atoms with Crippen LogP contribution >= 0.6 is 11.6 Å². The summed E-state index contributed by atoms with van der Waals surface area (Å²) < 4.78 is 0. The Hall–Kier alpha value is -0.770. The maximum absolute atomic E-state index is 9.36. The second kappa shape index (κ2) is 5.92. The van der Waals surface area contributed by atoms with Crippen molar-refractivity contribution in [3.05, 3.63) is 28.8 Å². The fraction of sp³-hybridized carbons (Fsp3) is 0.625. The Morgan fingerprint density at radius 3 is 2.65 bits per heavy atom. The zero-order valence-corrected chi connectivity index (χ0v) is 12.6. The molecule has 1 aromatic rings. The van der Waals surface area contributed by atoms with E-state index in [0.717, 1.165) is 44.0 Å². The molecule has 0 aromatic heterocycles. The topological polar surface area (TPSA) is 35.5 Å². The highest BCUT2D eigenvalue weighted by atomic mass is 35.5. The first-order chi connectivity index (χ1) is 9.74. The van der Waals surface area contributed by atoms with Crippen molar-refractivity contribution < 1.29 is 5.11 Å². The maximum Gasteiger partial charge on any atom is 0.0499 e. The highest BCUT2D eigenvalue weighted by Crippen LogP contribution is 2.44.